The van der Waals surface area contributed by atoms with Crippen LogP contribution in [0.1, 0.15) is 72.6 Å². The molecule has 114 valence electrons. The molecule has 0 saturated heterocycles. The third-order valence-corrected chi connectivity index (χ3v) is 4.98. The monoisotopic (exact) mass is 268 g/mol. The van der Waals surface area contributed by atoms with Gasteiger partial charge in [-0.15, -0.1) is 0 Å². The van der Waals surface area contributed by atoms with E-state index in [-0.39, 0.29) is 0 Å². The molecular formula is C17H36N2. The summed E-state index contributed by atoms with van der Waals surface area (Å²) in [5.74, 6) is 0. The number of hydrogen-bond donors (Lipinski definition) is 1. The molecule has 0 spiro atoms. The maximum atomic E-state index is 3.50. The Morgan fingerprint density at radius 1 is 1.21 bits per heavy atom. The molecule has 0 aromatic carbocycles. The molecule has 0 heterocycles. The summed E-state index contributed by atoms with van der Waals surface area (Å²) in [4.78, 5) is 2.65. The summed E-state index contributed by atoms with van der Waals surface area (Å²) in [5.41, 5.74) is 0.588. The van der Waals surface area contributed by atoms with Gasteiger partial charge in [-0.25, -0.2) is 0 Å². The van der Waals surface area contributed by atoms with Crippen LogP contribution in [0.4, 0.5) is 0 Å². The van der Waals surface area contributed by atoms with Crippen LogP contribution in [0.3, 0.4) is 0 Å². The smallest absolute Gasteiger partial charge is 0.00954 e. The van der Waals surface area contributed by atoms with Crippen molar-refractivity contribution >= 4 is 0 Å². The van der Waals surface area contributed by atoms with Gasteiger partial charge in [0.1, 0.15) is 0 Å². The Morgan fingerprint density at radius 3 is 2.42 bits per heavy atom. The average Bonchev–Trinajstić information content (AvgIpc) is 2.37. The molecule has 0 aliphatic heterocycles. The second-order valence-electron chi connectivity index (χ2n) is 7.30. The van der Waals surface area contributed by atoms with E-state index in [0.29, 0.717) is 5.41 Å². The van der Waals surface area contributed by atoms with E-state index >= 15 is 0 Å². The molecule has 1 aliphatic rings. The predicted octanol–water partition coefficient (Wildman–Crippen LogP) is 4.06. The highest BCUT2D eigenvalue weighted by Gasteiger charge is 2.29. The minimum absolute atomic E-state index is 0.588. The second kappa shape index (κ2) is 8.26. The lowest BCUT2D eigenvalue weighted by Crippen LogP contribution is -2.42. The Labute approximate surface area is 121 Å². The van der Waals surface area contributed by atoms with Gasteiger partial charge >= 0.3 is 0 Å². The molecule has 2 nitrogen and oxygen atoms in total. The lowest BCUT2D eigenvalue weighted by Gasteiger charge is -2.41. The Balaban J connectivity index is 2.19. The fourth-order valence-electron chi connectivity index (χ4n) is 3.18. The summed E-state index contributed by atoms with van der Waals surface area (Å²) in [7, 11) is 2.34. The minimum Gasteiger partial charge on any atom is -0.317 e. The van der Waals surface area contributed by atoms with Crippen molar-refractivity contribution in [2.75, 3.05) is 20.1 Å². The zero-order valence-corrected chi connectivity index (χ0v) is 14.0. The van der Waals surface area contributed by atoms with Crippen LogP contribution in [0, 0.1) is 5.41 Å². The van der Waals surface area contributed by atoms with Crippen molar-refractivity contribution < 1.29 is 0 Å². The van der Waals surface area contributed by atoms with Crippen molar-refractivity contribution in [1.29, 1.82) is 0 Å². The lowest BCUT2D eigenvalue weighted by molar-refractivity contribution is 0.0962. The summed E-state index contributed by atoms with van der Waals surface area (Å²) >= 11 is 0. The second-order valence-corrected chi connectivity index (χ2v) is 7.30. The fraction of sp³-hybridized carbons (Fsp3) is 1.00. The van der Waals surface area contributed by atoms with Crippen LogP contribution in [-0.2, 0) is 0 Å². The quantitative estimate of drug-likeness (QED) is 0.668. The van der Waals surface area contributed by atoms with Crippen LogP contribution in [0.25, 0.3) is 0 Å². The van der Waals surface area contributed by atoms with E-state index in [9.17, 15) is 0 Å². The topological polar surface area (TPSA) is 15.3 Å². The maximum Gasteiger partial charge on any atom is 0.00954 e. The normalized spacial score (nSPS) is 21.8. The van der Waals surface area contributed by atoms with Crippen LogP contribution in [0.5, 0.6) is 0 Å². The largest absolute Gasteiger partial charge is 0.317 e. The SMILES string of the molecule is CCCNCCCC(C)N(C)C1CCC(C)(C)CC1. The first kappa shape index (κ1) is 17.0. The van der Waals surface area contributed by atoms with Gasteiger partial charge in [0.05, 0.1) is 0 Å². The van der Waals surface area contributed by atoms with Gasteiger partial charge in [-0.05, 0) is 77.4 Å². The van der Waals surface area contributed by atoms with E-state index in [1.165, 1.54) is 58.0 Å². The van der Waals surface area contributed by atoms with Gasteiger partial charge in [0.25, 0.3) is 0 Å². The third-order valence-electron chi connectivity index (χ3n) is 4.98. The van der Waals surface area contributed by atoms with Crippen molar-refractivity contribution in [3.8, 4) is 0 Å². The molecule has 1 saturated carbocycles. The molecule has 0 bridgehead atoms. The van der Waals surface area contributed by atoms with Gasteiger partial charge in [-0.3, -0.25) is 0 Å². The molecule has 1 atom stereocenters. The summed E-state index contributed by atoms with van der Waals surface area (Å²) in [6.07, 6.45) is 9.45. The van der Waals surface area contributed by atoms with Crippen molar-refractivity contribution in [2.45, 2.75) is 84.7 Å². The molecule has 0 radical (unpaired) electrons. The molecule has 1 aliphatic carbocycles. The first-order valence-electron chi connectivity index (χ1n) is 8.39. The van der Waals surface area contributed by atoms with Gasteiger partial charge in [0, 0.05) is 12.1 Å². The van der Waals surface area contributed by atoms with E-state index in [1.54, 1.807) is 0 Å². The molecule has 1 fully saturated rings. The van der Waals surface area contributed by atoms with Crippen LogP contribution in [0.2, 0.25) is 0 Å². The molecule has 0 aromatic rings. The Morgan fingerprint density at radius 2 is 1.84 bits per heavy atom. The van der Waals surface area contributed by atoms with Gasteiger partial charge < -0.3 is 10.2 Å². The van der Waals surface area contributed by atoms with E-state index in [4.69, 9.17) is 0 Å². The molecule has 1 rings (SSSR count). The molecule has 2 heteroatoms. The van der Waals surface area contributed by atoms with Gasteiger partial charge in [0.15, 0.2) is 0 Å². The molecule has 0 amide bonds. The maximum absolute atomic E-state index is 3.50. The summed E-state index contributed by atoms with van der Waals surface area (Å²) in [6, 6.07) is 1.56. The van der Waals surface area contributed by atoms with Crippen molar-refractivity contribution in [3.63, 3.8) is 0 Å². The summed E-state index contributed by atoms with van der Waals surface area (Å²) < 4.78 is 0. The van der Waals surface area contributed by atoms with Crippen molar-refractivity contribution in [2.24, 2.45) is 5.41 Å². The zero-order valence-electron chi connectivity index (χ0n) is 14.0. The van der Waals surface area contributed by atoms with E-state index in [1.807, 2.05) is 0 Å². The highest BCUT2D eigenvalue weighted by atomic mass is 15.2. The highest BCUT2D eigenvalue weighted by Crippen LogP contribution is 2.37. The number of nitrogens with zero attached hydrogens (tertiary/aromatic N) is 1. The molecule has 0 aromatic heterocycles. The van der Waals surface area contributed by atoms with Crippen LogP contribution < -0.4 is 5.32 Å². The van der Waals surface area contributed by atoms with Crippen LogP contribution in [0.15, 0.2) is 0 Å². The average molecular weight is 268 g/mol. The third kappa shape index (κ3) is 6.27. The van der Waals surface area contributed by atoms with Crippen molar-refractivity contribution in [1.82, 2.24) is 10.2 Å². The Hall–Kier alpha value is -0.0800. The molecule has 1 N–H and O–H groups in total. The van der Waals surface area contributed by atoms with Crippen LogP contribution >= 0.6 is 0 Å². The molecular weight excluding hydrogens is 232 g/mol. The summed E-state index contributed by atoms with van der Waals surface area (Å²) in [6.45, 7) is 11.8. The Bertz CT molecular complexity index is 227. The van der Waals surface area contributed by atoms with E-state index < -0.39 is 0 Å². The van der Waals surface area contributed by atoms with Crippen LogP contribution in [-0.4, -0.2) is 37.1 Å². The predicted molar refractivity (Wildman–Crippen MR) is 85.7 cm³/mol. The van der Waals surface area contributed by atoms with E-state index in [0.717, 1.165) is 12.1 Å². The molecule has 1 unspecified atom stereocenters. The number of rotatable bonds is 8. The highest BCUT2D eigenvalue weighted by molar-refractivity contribution is 4.84. The zero-order chi connectivity index (χ0) is 14.3. The summed E-state index contributed by atoms with van der Waals surface area (Å²) in [5, 5.41) is 3.50. The standard InChI is InChI=1S/C17H36N2/c1-6-13-18-14-7-8-15(2)19(5)16-9-11-17(3,4)12-10-16/h15-16,18H,6-14H2,1-5H3. The first-order valence-corrected chi connectivity index (χ1v) is 8.39. The molecule has 19 heavy (non-hydrogen) atoms. The number of nitrogens with one attached hydrogen (secondary N) is 1. The number of hydrogen-bond acceptors (Lipinski definition) is 2. The fourth-order valence-corrected chi connectivity index (χ4v) is 3.18. The van der Waals surface area contributed by atoms with Gasteiger partial charge in [0.2, 0.25) is 0 Å². The first-order chi connectivity index (χ1) is 8.96. The Kier molecular flexibility index (Phi) is 7.38. The van der Waals surface area contributed by atoms with Gasteiger partial charge in [-0.1, -0.05) is 20.8 Å². The minimum atomic E-state index is 0.588. The van der Waals surface area contributed by atoms with E-state index in [2.05, 4.69) is 45.0 Å². The lowest BCUT2D eigenvalue weighted by atomic mass is 9.75. The van der Waals surface area contributed by atoms with Gasteiger partial charge in [-0.2, -0.15) is 0 Å². The van der Waals surface area contributed by atoms with Crippen molar-refractivity contribution in [3.05, 3.63) is 0 Å².